The predicted molar refractivity (Wildman–Crippen MR) is 81.7 cm³/mol. The van der Waals surface area contributed by atoms with Gasteiger partial charge in [0.1, 0.15) is 0 Å². The van der Waals surface area contributed by atoms with Crippen LogP contribution in [0.4, 0.5) is 5.69 Å². The van der Waals surface area contributed by atoms with E-state index in [-0.39, 0.29) is 18.2 Å². The molecule has 1 unspecified atom stereocenters. The van der Waals surface area contributed by atoms with Crippen LogP contribution < -0.4 is 0 Å². The minimum absolute atomic E-state index is 0.0827. The van der Waals surface area contributed by atoms with E-state index in [1.807, 2.05) is 0 Å². The highest BCUT2D eigenvalue weighted by Crippen LogP contribution is 2.20. The fourth-order valence-corrected chi connectivity index (χ4v) is 3.56. The number of nitro benzene ring substituents is 1. The smallest absolute Gasteiger partial charge is 0.304 e. The average Bonchev–Trinajstić information content (AvgIpc) is 2.46. The zero-order chi connectivity index (χ0) is 15.2. The first-order chi connectivity index (χ1) is 10.1. The van der Waals surface area contributed by atoms with Crippen molar-refractivity contribution in [2.75, 3.05) is 24.6 Å². The summed E-state index contributed by atoms with van der Waals surface area (Å²) in [6.07, 6.45) is 0.950. The van der Waals surface area contributed by atoms with E-state index in [0.29, 0.717) is 0 Å². The van der Waals surface area contributed by atoms with Gasteiger partial charge < -0.3 is 5.11 Å². The Morgan fingerprint density at radius 3 is 2.76 bits per heavy atom. The number of carboxylic acid groups (broad SMARTS) is 1. The molecule has 7 heteroatoms. The van der Waals surface area contributed by atoms with E-state index in [2.05, 4.69) is 4.90 Å². The molecule has 1 aliphatic heterocycles. The fraction of sp³-hybridized carbons (Fsp3) is 0.500. The lowest BCUT2D eigenvalue weighted by atomic mass is 10.1. The van der Waals surface area contributed by atoms with Gasteiger partial charge >= 0.3 is 5.97 Å². The van der Waals surface area contributed by atoms with E-state index in [1.54, 1.807) is 23.9 Å². The molecule has 0 saturated carbocycles. The molecule has 6 nitrogen and oxygen atoms in total. The van der Waals surface area contributed by atoms with Crippen molar-refractivity contribution in [1.82, 2.24) is 4.90 Å². The van der Waals surface area contributed by atoms with Crippen LogP contribution in [0.3, 0.4) is 0 Å². The molecule has 1 fully saturated rings. The second kappa shape index (κ2) is 7.42. The summed E-state index contributed by atoms with van der Waals surface area (Å²) in [5.74, 6) is 1.12. The topological polar surface area (TPSA) is 83.7 Å². The summed E-state index contributed by atoms with van der Waals surface area (Å²) in [6, 6.07) is 6.64. The average molecular weight is 310 g/mol. The van der Waals surface area contributed by atoms with E-state index in [0.717, 1.165) is 36.6 Å². The zero-order valence-corrected chi connectivity index (χ0v) is 12.4. The number of rotatable bonds is 6. The highest BCUT2D eigenvalue weighted by atomic mass is 32.2. The molecule has 1 aromatic rings. The van der Waals surface area contributed by atoms with E-state index >= 15 is 0 Å². The van der Waals surface area contributed by atoms with Crippen LogP contribution in [0.2, 0.25) is 0 Å². The van der Waals surface area contributed by atoms with E-state index in [1.165, 1.54) is 12.1 Å². The third kappa shape index (κ3) is 4.71. The van der Waals surface area contributed by atoms with Gasteiger partial charge in [0, 0.05) is 42.8 Å². The van der Waals surface area contributed by atoms with Gasteiger partial charge in [0.15, 0.2) is 0 Å². The molecule has 1 aliphatic rings. The highest BCUT2D eigenvalue weighted by Gasteiger charge is 2.24. The number of nitro groups is 1. The van der Waals surface area contributed by atoms with Gasteiger partial charge in [-0.2, -0.15) is 11.8 Å². The largest absolute Gasteiger partial charge is 0.481 e. The van der Waals surface area contributed by atoms with Crippen LogP contribution in [-0.4, -0.2) is 51.5 Å². The van der Waals surface area contributed by atoms with Crippen LogP contribution >= 0.6 is 11.8 Å². The van der Waals surface area contributed by atoms with Gasteiger partial charge in [0.2, 0.25) is 0 Å². The highest BCUT2D eigenvalue weighted by molar-refractivity contribution is 7.99. The Morgan fingerprint density at radius 2 is 2.14 bits per heavy atom. The van der Waals surface area contributed by atoms with Gasteiger partial charge in [-0.25, -0.2) is 0 Å². The predicted octanol–water partition coefficient (Wildman–Crippen LogP) is 2.03. The van der Waals surface area contributed by atoms with Crippen molar-refractivity contribution < 1.29 is 14.8 Å². The molecule has 0 aliphatic carbocycles. The summed E-state index contributed by atoms with van der Waals surface area (Å²) < 4.78 is 0. The molecule has 1 N–H and O–H groups in total. The maximum absolute atomic E-state index is 10.9. The molecule has 0 bridgehead atoms. The molecular formula is C14H18N2O4S. The van der Waals surface area contributed by atoms with Crippen molar-refractivity contribution >= 4 is 23.4 Å². The molecule has 2 rings (SSSR count). The molecule has 114 valence electrons. The van der Waals surface area contributed by atoms with Crippen LogP contribution in [0.15, 0.2) is 24.3 Å². The molecule has 1 atom stereocenters. The van der Waals surface area contributed by atoms with Gasteiger partial charge in [-0.1, -0.05) is 12.1 Å². The van der Waals surface area contributed by atoms with Crippen molar-refractivity contribution in [3.05, 3.63) is 39.9 Å². The first kappa shape index (κ1) is 15.8. The number of carbonyl (C=O) groups is 1. The number of hydrogen-bond donors (Lipinski definition) is 1. The third-order valence-corrected chi connectivity index (χ3v) is 4.69. The maximum atomic E-state index is 10.9. The summed E-state index contributed by atoms with van der Waals surface area (Å²) in [5.41, 5.74) is 1.13. The van der Waals surface area contributed by atoms with E-state index in [4.69, 9.17) is 5.11 Å². The van der Waals surface area contributed by atoms with Crippen molar-refractivity contribution in [3.8, 4) is 0 Å². The molecule has 1 heterocycles. The normalized spacial score (nSPS) is 19.3. The van der Waals surface area contributed by atoms with Gasteiger partial charge in [-0.15, -0.1) is 0 Å². The molecule has 0 radical (unpaired) electrons. The minimum atomic E-state index is -0.761. The molecular weight excluding hydrogens is 292 g/mol. The summed E-state index contributed by atoms with van der Waals surface area (Å²) in [7, 11) is 0. The quantitative estimate of drug-likeness (QED) is 0.639. The number of benzene rings is 1. The molecule has 1 aromatic carbocycles. The van der Waals surface area contributed by atoms with Gasteiger partial charge in [-0.3, -0.25) is 19.8 Å². The number of hydrogen-bond acceptors (Lipinski definition) is 5. The van der Waals surface area contributed by atoms with Crippen molar-refractivity contribution in [3.63, 3.8) is 0 Å². The second-order valence-electron chi connectivity index (χ2n) is 5.04. The lowest BCUT2D eigenvalue weighted by Crippen LogP contribution is -2.44. The molecule has 0 spiro atoms. The Balaban J connectivity index is 1.90. The Hall–Kier alpha value is -1.60. The number of carboxylic acids is 1. The number of thioether (sulfide) groups is 1. The monoisotopic (exact) mass is 310 g/mol. The van der Waals surface area contributed by atoms with Crippen LogP contribution in [0.25, 0.3) is 0 Å². The fourth-order valence-electron chi connectivity index (χ4n) is 2.43. The number of non-ortho nitro benzene ring substituents is 1. The summed E-state index contributed by atoms with van der Waals surface area (Å²) in [4.78, 5) is 23.3. The van der Waals surface area contributed by atoms with Gasteiger partial charge in [0.05, 0.1) is 11.3 Å². The van der Waals surface area contributed by atoms with E-state index in [9.17, 15) is 14.9 Å². The Kier molecular flexibility index (Phi) is 5.58. The van der Waals surface area contributed by atoms with Gasteiger partial charge in [-0.05, 0) is 12.0 Å². The molecule has 1 saturated heterocycles. The zero-order valence-electron chi connectivity index (χ0n) is 11.6. The lowest BCUT2D eigenvalue weighted by Gasteiger charge is -2.34. The van der Waals surface area contributed by atoms with Crippen LogP contribution in [0.5, 0.6) is 0 Å². The Morgan fingerprint density at radius 1 is 1.43 bits per heavy atom. The van der Waals surface area contributed by atoms with Crippen molar-refractivity contribution in [2.24, 2.45) is 0 Å². The standard InChI is InChI=1S/C14H18N2O4S/c17-14(18)9-13-10-21-8-7-15(13)6-5-11-1-3-12(4-2-11)16(19)20/h1-4,13H,5-10H2,(H,17,18). The Labute approximate surface area is 127 Å². The van der Waals surface area contributed by atoms with Crippen molar-refractivity contribution in [1.29, 1.82) is 0 Å². The number of aliphatic carboxylic acids is 1. The third-order valence-electron chi connectivity index (χ3n) is 3.59. The summed E-state index contributed by atoms with van der Waals surface area (Å²) >= 11 is 1.80. The molecule has 0 aromatic heterocycles. The molecule has 0 amide bonds. The lowest BCUT2D eigenvalue weighted by molar-refractivity contribution is -0.384. The summed E-state index contributed by atoms with van der Waals surface area (Å²) in [5, 5.41) is 19.6. The summed E-state index contributed by atoms with van der Waals surface area (Å²) in [6.45, 7) is 1.69. The van der Waals surface area contributed by atoms with Crippen molar-refractivity contribution in [2.45, 2.75) is 18.9 Å². The SMILES string of the molecule is O=C(O)CC1CSCCN1CCc1ccc([N+](=O)[O-])cc1. The van der Waals surface area contributed by atoms with Crippen LogP contribution in [0.1, 0.15) is 12.0 Å². The first-order valence-corrected chi connectivity index (χ1v) is 7.98. The van der Waals surface area contributed by atoms with Crippen LogP contribution in [-0.2, 0) is 11.2 Å². The molecule has 21 heavy (non-hydrogen) atoms. The second-order valence-corrected chi connectivity index (χ2v) is 6.19. The number of nitrogens with zero attached hydrogens (tertiary/aromatic N) is 2. The maximum Gasteiger partial charge on any atom is 0.304 e. The minimum Gasteiger partial charge on any atom is -0.481 e. The van der Waals surface area contributed by atoms with Crippen LogP contribution in [0, 0.1) is 10.1 Å². The van der Waals surface area contributed by atoms with Gasteiger partial charge in [0.25, 0.3) is 5.69 Å². The van der Waals surface area contributed by atoms with E-state index < -0.39 is 10.9 Å². The first-order valence-electron chi connectivity index (χ1n) is 6.83. The Bertz CT molecular complexity index is 506.